The first-order chi connectivity index (χ1) is 12.6. The molecule has 0 aliphatic carbocycles. The fourth-order valence-electron chi connectivity index (χ4n) is 3.80. The number of hydrogen-bond acceptors (Lipinski definition) is 6. The van der Waals surface area contributed by atoms with Gasteiger partial charge in [-0.25, -0.2) is 0 Å². The van der Waals surface area contributed by atoms with E-state index in [4.69, 9.17) is 0 Å². The molecule has 0 bridgehead atoms. The minimum atomic E-state index is -0.437. The molecule has 0 spiro atoms. The Bertz CT molecular complexity index is 875. The molecular formula is C19H20N4O3. The van der Waals surface area contributed by atoms with Crippen molar-refractivity contribution in [2.24, 2.45) is 5.10 Å². The topological polar surface area (TPSA) is 91.0 Å². The SMILES string of the molecule is O=[N+]([O-])c1ccc(N/N=C\c2cc3c4c(c2O)CCCN4CCC3)cc1. The highest BCUT2D eigenvalue weighted by atomic mass is 16.6. The number of non-ortho nitro benzene ring substituents is 1. The number of benzene rings is 2. The standard InChI is InChI=1S/C19H20N4O3/c24-19-14(12-20-21-15-5-7-16(8-6-15)23(25)26)11-13-3-1-9-22-10-2-4-17(19)18(13)22/h5-8,11-12,21,24H,1-4,9-10H2/b20-12-. The summed E-state index contributed by atoms with van der Waals surface area (Å²) < 4.78 is 0. The molecule has 0 atom stereocenters. The van der Waals surface area contributed by atoms with Gasteiger partial charge in [0.2, 0.25) is 0 Å². The second-order valence-corrected chi connectivity index (χ2v) is 6.67. The third-order valence-corrected chi connectivity index (χ3v) is 5.00. The van der Waals surface area contributed by atoms with E-state index in [1.807, 2.05) is 6.07 Å². The second kappa shape index (κ2) is 6.67. The molecule has 2 aromatic carbocycles. The smallest absolute Gasteiger partial charge is 0.269 e. The van der Waals surface area contributed by atoms with Gasteiger partial charge in [-0.05, 0) is 49.4 Å². The summed E-state index contributed by atoms with van der Waals surface area (Å²) in [5.41, 5.74) is 7.78. The number of phenols is 1. The van der Waals surface area contributed by atoms with E-state index in [9.17, 15) is 15.2 Å². The van der Waals surface area contributed by atoms with Gasteiger partial charge in [0.1, 0.15) is 5.75 Å². The lowest BCUT2D eigenvalue weighted by Gasteiger charge is -2.37. The van der Waals surface area contributed by atoms with Crippen molar-refractivity contribution in [1.82, 2.24) is 0 Å². The third kappa shape index (κ3) is 2.96. The average molecular weight is 352 g/mol. The summed E-state index contributed by atoms with van der Waals surface area (Å²) in [5, 5.41) is 25.5. The first kappa shape index (κ1) is 16.4. The van der Waals surface area contributed by atoms with Gasteiger partial charge < -0.3 is 10.0 Å². The minimum Gasteiger partial charge on any atom is -0.507 e. The Morgan fingerprint density at radius 2 is 1.92 bits per heavy atom. The number of hydrazone groups is 1. The Morgan fingerprint density at radius 1 is 1.19 bits per heavy atom. The number of anilines is 2. The molecule has 2 aliphatic rings. The lowest BCUT2D eigenvalue weighted by Crippen LogP contribution is -2.34. The van der Waals surface area contributed by atoms with Crippen LogP contribution in [0.5, 0.6) is 5.75 Å². The first-order valence-corrected chi connectivity index (χ1v) is 8.79. The zero-order valence-electron chi connectivity index (χ0n) is 14.3. The summed E-state index contributed by atoms with van der Waals surface area (Å²) in [6, 6.07) is 8.07. The summed E-state index contributed by atoms with van der Waals surface area (Å²) in [6.45, 7) is 2.13. The normalized spacial score (nSPS) is 15.8. The quantitative estimate of drug-likeness (QED) is 0.500. The van der Waals surface area contributed by atoms with E-state index in [-0.39, 0.29) is 5.69 Å². The van der Waals surface area contributed by atoms with Gasteiger partial charge in [-0.15, -0.1) is 0 Å². The monoisotopic (exact) mass is 352 g/mol. The van der Waals surface area contributed by atoms with E-state index in [1.54, 1.807) is 18.3 Å². The Morgan fingerprint density at radius 3 is 2.65 bits per heavy atom. The maximum Gasteiger partial charge on any atom is 0.269 e. The van der Waals surface area contributed by atoms with Crippen LogP contribution in [0, 0.1) is 10.1 Å². The molecule has 0 unspecified atom stereocenters. The molecule has 2 N–H and O–H groups in total. The van der Waals surface area contributed by atoms with Gasteiger partial charge >= 0.3 is 0 Å². The van der Waals surface area contributed by atoms with Gasteiger partial charge in [-0.3, -0.25) is 15.5 Å². The number of phenolic OH excluding ortho intramolecular Hbond substituents is 1. The number of nitro groups is 1. The lowest BCUT2D eigenvalue weighted by atomic mass is 9.89. The van der Waals surface area contributed by atoms with Gasteiger partial charge in [0.25, 0.3) is 5.69 Å². The predicted molar refractivity (Wildman–Crippen MR) is 101 cm³/mol. The van der Waals surface area contributed by atoms with Gasteiger partial charge in [0.05, 0.1) is 16.8 Å². The number of nitrogens with zero attached hydrogens (tertiary/aromatic N) is 3. The molecule has 2 heterocycles. The van der Waals surface area contributed by atoms with E-state index < -0.39 is 4.92 Å². The van der Waals surface area contributed by atoms with Crippen molar-refractivity contribution in [3.05, 3.63) is 57.1 Å². The van der Waals surface area contributed by atoms with Crippen molar-refractivity contribution in [3.63, 3.8) is 0 Å². The molecule has 7 heteroatoms. The van der Waals surface area contributed by atoms with Crippen LogP contribution in [0.4, 0.5) is 17.1 Å². The third-order valence-electron chi connectivity index (χ3n) is 5.00. The number of aryl methyl sites for hydroxylation is 1. The van der Waals surface area contributed by atoms with Crippen LogP contribution in [0.15, 0.2) is 35.4 Å². The molecule has 4 rings (SSSR count). The Hall–Kier alpha value is -3.09. The number of aromatic hydroxyl groups is 1. The van der Waals surface area contributed by atoms with E-state index >= 15 is 0 Å². The first-order valence-electron chi connectivity index (χ1n) is 8.79. The van der Waals surface area contributed by atoms with E-state index in [2.05, 4.69) is 15.4 Å². The summed E-state index contributed by atoms with van der Waals surface area (Å²) in [4.78, 5) is 12.6. The Kier molecular flexibility index (Phi) is 4.20. The number of hydrogen-bond donors (Lipinski definition) is 2. The van der Waals surface area contributed by atoms with Crippen molar-refractivity contribution in [2.75, 3.05) is 23.4 Å². The molecule has 2 aromatic rings. The Labute approximate surface area is 151 Å². The van der Waals surface area contributed by atoms with Crippen LogP contribution in [0.2, 0.25) is 0 Å². The Balaban J connectivity index is 1.56. The molecule has 134 valence electrons. The van der Waals surface area contributed by atoms with Crippen LogP contribution in [0.25, 0.3) is 0 Å². The van der Waals surface area contributed by atoms with Crippen LogP contribution < -0.4 is 10.3 Å². The van der Waals surface area contributed by atoms with Crippen molar-refractivity contribution >= 4 is 23.3 Å². The van der Waals surface area contributed by atoms with Crippen molar-refractivity contribution in [3.8, 4) is 5.75 Å². The molecular weight excluding hydrogens is 332 g/mol. The predicted octanol–water partition coefficient (Wildman–Crippen LogP) is 3.45. The highest BCUT2D eigenvalue weighted by Crippen LogP contribution is 2.41. The summed E-state index contributed by atoms with van der Waals surface area (Å²) in [5.74, 6) is 0.310. The minimum absolute atomic E-state index is 0.0375. The number of nitrogens with one attached hydrogen (secondary N) is 1. The highest BCUT2D eigenvalue weighted by molar-refractivity contribution is 5.88. The zero-order chi connectivity index (χ0) is 18.1. The van der Waals surface area contributed by atoms with Crippen LogP contribution in [0.1, 0.15) is 29.5 Å². The summed E-state index contributed by atoms with van der Waals surface area (Å²) in [6.07, 6.45) is 5.72. The largest absolute Gasteiger partial charge is 0.507 e. The fraction of sp³-hybridized carbons (Fsp3) is 0.316. The number of nitro benzene ring substituents is 1. The molecule has 0 saturated carbocycles. The average Bonchev–Trinajstić information content (AvgIpc) is 2.66. The second-order valence-electron chi connectivity index (χ2n) is 6.67. The zero-order valence-corrected chi connectivity index (χ0v) is 14.3. The maximum atomic E-state index is 10.7. The highest BCUT2D eigenvalue weighted by Gasteiger charge is 2.27. The van der Waals surface area contributed by atoms with Crippen LogP contribution in [-0.2, 0) is 12.8 Å². The van der Waals surface area contributed by atoms with E-state index in [1.165, 1.54) is 23.4 Å². The maximum absolute atomic E-state index is 10.7. The molecule has 0 fully saturated rings. The molecule has 7 nitrogen and oxygen atoms in total. The molecule has 0 aromatic heterocycles. The molecule has 26 heavy (non-hydrogen) atoms. The molecule has 2 aliphatic heterocycles. The van der Waals surface area contributed by atoms with Crippen molar-refractivity contribution in [2.45, 2.75) is 25.7 Å². The van der Waals surface area contributed by atoms with Gasteiger partial charge in [-0.2, -0.15) is 5.10 Å². The van der Waals surface area contributed by atoms with E-state index in [0.717, 1.165) is 44.3 Å². The van der Waals surface area contributed by atoms with Crippen molar-refractivity contribution < 1.29 is 10.0 Å². The van der Waals surface area contributed by atoms with Crippen molar-refractivity contribution in [1.29, 1.82) is 0 Å². The molecule has 0 amide bonds. The van der Waals surface area contributed by atoms with Crippen LogP contribution in [-0.4, -0.2) is 29.3 Å². The van der Waals surface area contributed by atoms with E-state index in [0.29, 0.717) is 17.0 Å². The van der Waals surface area contributed by atoms with Gasteiger partial charge in [0.15, 0.2) is 0 Å². The number of rotatable bonds is 4. The van der Waals surface area contributed by atoms with Gasteiger partial charge in [0, 0.05) is 42.0 Å². The van der Waals surface area contributed by atoms with Gasteiger partial charge in [-0.1, -0.05) is 0 Å². The molecule has 0 saturated heterocycles. The molecule has 0 radical (unpaired) electrons. The summed E-state index contributed by atoms with van der Waals surface area (Å²) in [7, 11) is 0. The van der Waals surface area contributed by atoms with Crippen LogP contribution in [0.3, 0.4) is 0 Å². The lowest BCUT2D eigenvalue weighted by molar-refractivity contribution is -0.384. The summed E-state index contributed by atoms with van der Waals surface area (Å²) >= 11 is 0. The fourth-order valence-corrected chi connectivity index (χ4v) is 3.80. The van der Waals surface area contributed by atoms with Crippen LogP contribution >= 0.6 is 0 Å².